The second-order valence-electron chi connectivity index (χ2n) is 6.57. The van der Waals surface area contributed by atoms with Gasteiger partial charge in [0.05, 0.1) is 23.7 Å². The highest BCUT2D eigenvalue weighted by atomic mass is 35.5. The summed E-state index contributed by atoms with van der Waals surface area (Å²) in [7, 11) is 1.52. The Kier molecular flexibility index (Phi) is 6.08. The fourth-order valence-corrected chi connectivity index (χ4v) is 3.61. The normalized spacial score (nSPS) is 14.2. The number of aryl methyl sites for hydroxylation is 2. The van der Waals surface area contributed by atoms with E-state index in [1.54, 1.807) is 18.2 Å². The summed E-state index contributed by atoms with van der Waals surface area (Å²) in [5.41, 5.74) is 3.69. The maximum absolute atomic E-state index is 13.1. The standard InChI is InChI=1S/C21H20Cl2N2O3/c1-12-4-7-17(13(2)10-12)24-19-18(15-6-5-14(22)11-16(15)23)20(26)25(21(19)27)8-9-28-3/h4-7,10-11,24H,8-9H2,1-3H3. The van der Waals surface area contributed by atoms with Crippen LogP contribution in [0.15, 0.2) is 42.1 Å². The molecule has 1 aliphatic rings. The SMILES string of the molecule is COCCN1C(=O)C(Nc2ccc(C)cc2C)=C(c2ccc(Cl)cc2Cl)C1=O. The molecule has 1 heterocycles. The summed E-state index contributed by atoms with van der Waals surface area (Å²) < 4.78 is 5.04. The van der Waals surface area contributed by atoms with Gasteiger partial charge in [-0.05, 0) is 37.6 Å². The van der Waals surface area contributed by atoms with Crippen molar-refractivity contribution in [1.82, 2.24) is 4.90 Å². The summed E-state index contributed by atoms with van der Waals surface area (Å²) in [6, 6.07) is 10.7. The third-order valence-corrected chi connectivity index (χ3v) is 5.08. The maximum atomic E-state index is 13.1. The Morgan fingerprint density at radius 2 is 1.79 bits per heavy atom. The van der Waals surface area contributed by atoms with Crippen LogP contribution < -0.4 is 5.32 Å². The van der Waals surface area contributed by atoms with Gasteiger partial charge in [0.15, 0.2) is 0 Å². The lowest BCUT2D eigenvalue weighted by molar-refractivity contribution is -0.137. The number of nitrogens with one attached hydrogen (secondary N) is 1. The molecule has 146 valence electrons. The zero-order valence-electron chi connectivity index (χ0n) is 15.8. The van der Waals surface area contributed by atoms with Crippen LogP contribution in [0.3, 0.4) is 0 Å². The molecule has 0 fully saturated rings. The van der Waals surface area contributed by atoms with Gasteiger partial charge in [0.25, 0.3) is 11.8 Å². The van der Waals surface area contributed by atoms with Crippen LogP contribution in [-0.2, 0) is 14.3 Å². The highest BCUT2D eigenvalue weighted by Crippen LogP contribution is 2.35. The molecular weight excluding hydrogens is 399 g/mol. The minimum Gasteiger partial charge on any atom is -0.383 e. The molecule has 1 aliphatic heterocycles. The molecular formula is C21H20Cl2N2O3. The zero-order chi connectivity index (χ0) is 20.4. The summed E-state index contributed by atoms with van der Waals surface area (Å²) in [5, 5.41) is 3.90. The first-order chi connectivity index (χ1) is 13.3. The van der Waals surface area contributed by atoms with Gasteiger partial charge >= 0.3 is 0 Å². The van der Waals surface area contributed by atoms with E-state index in [2.05, 4.69) is 5.32 Å². The highest BCUT2D eigenvalue weighted by molar-refractivity contribution is 6.41. The number of benzene rings is 2. The van der Waals surface area contributed by atoms with Gasteiger partial charge in [-0.15, -0.1) is 0 Å². The number of halogens is 2. The summed E-state index contributed by atoms with van der Waals surface area (Å²) in [5.74, 6) is -0.832. The van der Waals surface area contributed by atoms with E-state index >= 15 is 0 Å². The van der Waals surface area contributed by atoms with Gasteiger partial charge in [-0.1, -0.05) is 47.0 Å². The fraction of sp³-hybridized carbons (Fsp3) is 0.238. The molecule has 0 aromatic heterocycles. The molecule has 3 rings (SSSR count). The minimum atomic E-state index is -0.418. The molecule has 0 aliphatic carbocycles. The number of carbonyl (C=O) groups excluding carboxylic acids is 2. The van der Waals surface area contributed by atoms with Crippen molar-refractivity contribution in [2.45, 2.75) is 13.8 Å². The smallest absolute Gasteiger partial charge is 0.278 e. The molecule has 7 heteroatoms. The number of nitrogens with zero attached hydrogens (tertiary/aromatic N) is 1. The first kappa shape index (κ1) is 20.4. The second kappa shape index (κ2) is 8.35. The average molecular weight is 419 g/mol. The molecule has 1 N–H and O–H groups in total. The number of carbonyl (C=O) groups is 2. The Labute approximate surface area is 173 Å². The summed E-state index contributed by atoms with van der Waals surface area (Å²) in [6.07, 6.45) is 0. The van der Waals surface area contributed by atoms with E-state index in [0.717, 1.165) is 21.7 Å². The quantitative estimate of drug-likeness (QED) is 0.703. The van der Waals surface area contributed by atoms with Crippen molar-refractivity contribution in [2.24, 2.45) is 0 Å². The number of imide groups is 1. The molecule has 28 heavy (non-hydrogen) atoms. The Bertz CT molecular complexity index is 986. The van der Waals surface area contributed by atoms with Crippen molar-refractivity contribution in [3.8, 4) is 0 Å². The Balaban J connectivity index is 2.11. The Hall–Kier alpha value is -2.34. The number of anilines is 1. The van der Waals surface area contributed by atoms with Gasteiger partial charge in [0, 0.05) is 23.4 Å². The molecule has 0 radical (unpaired) electrons. The first-order valence-corrected chi connectivity index (χ1v) is 9.48. The summed E-state index contributed by atoms with van der Waals surface area (Å²) in [6.45, 7) is 4.33. The van der Waals surface area contributed by atoms with Crippen LogP contribution in [0, 0.1) is 13.8 Å². The molecule has 0 bridgehead atoms. The number of ether oxygens (including phenoxy) is 1. The number of rotatable bonds is 6. The van der Waals surface area contributed by atoms with Crippen molar-refractivity contribution in [2.75, 3.05) is 25.6 Å². The van der Waals surface area contributed by atoms with Crippen LogP contribution in [0.25, 0.3) is 5.57 Å². The Morgan fingerprint density at radius 1 is 1.04 bits per heavy atom. The predicted octanol–water partition coefficient (Wildman–Crippen LogP) is 4.45. The average Bonchev–Trinajstić information content (AvgIpc) is 2.86. The second-order valence-corrected chi connectivity index (χ2v) is 7.42. The molecule has 0 saturated carbocycles. The zero-order valence-corrected chi connectivity index (χ0v) is 17.3. The lowest BCUT2D eigenvalue weighted by atomic mass is 10.0. The van der Waals surface area contributed by atoms with Crippen LogP contribution in [0.5, 0.6) is 0 Å². The lowest BCUT2D eigenvalue weighted by Crippen LogP contribution is -2.35. The van der Waals surface area contributed by atoms with Crippen LogP contribution in [0.4, 0.5) is 5.69 Å². The monoisotopic (exact) mass is 418 g/mol. The van der Waals surface area contributed by atoms with Gasteiger partial charge in [0.2, 0.25) is 0 Å². The van der Waals surface area contributed by atoms with Crippen LogP contribution in [0.1, 0.15) is 16.7 Å². The number of hydrogen-bond acceptors (Lipinski definition) is 4. The van der Waals surface area contributed by atoms with Crippen molar-refractivity contribution >= 4 is 46.3 Å². The lowest BCUT2D eigenvalue weighted by Gasteiger charge is -2.15. The van der Waals surface area contributed by atoms with Gasteiger partial charge in [-0.25, -0.2) is 0 Å². The third kappa shape index (κ3) is 3.92. The molecule has 2 amide bonds. The van der Waals surface area contributed by atoms with Gasteiger partial charge < -0.3 is 10.1 Å². The Morgan fingerprint density at radius 3 is 2.43 bits per heavy atom. The van der Waals surface area contributed by atoms with E-state index in [1.807, 2.05) is 32.0 Å². The summed E-state index contributed by atoms with van der Waals surface area (Å²) >= 11 is 12.3. The van der Waals surface area contributed by atoms with Gasteiger partial charge in [0.1, 0.15) is 5.70 Å². The predicted molar refractivity (Wildman–Crippen MR) is 112 cm³/mol. The van der Waals surface area contributed by atoms with Crippen molar-refractivity contribution in [1.29, 1.82) is 0 Å². The van der Waals surface area contributed by atoms with E-state index in [4.69, 9.17) is 27.9 Å². The van der Waals surface area contributed by atoms with Crippen LogP contribution in [0.2, 0.25) is 10.0 Å². The van der Waals surface area contributed by atoms with Gasteiger partial charge in [-0.3, -0.25) is 14.5 Å². The minimum absolute atomic E-state index is 0.154. The fourth-order valence-electron chi connectivity index (χ4n) is 3.11. The van der Waals surface area contributed by atoms with Crippen LogP contribution in [-0.4, -0.2) is 37.0 Å². The molecule has 2 aromatic rings. The van der Waals surface area contributed by atoms with E-state index < -0.39 is 11.8 Å². The third-order valence-electron chi connectivity index (χ3n) is 4.53. The van der Waals surface area contributed by atoms with E-state index in [-0.39, 0.29) is 24.4 Å². The molecule has 2 aromatic carbocycles. The van der Waals surface area contributed by atoms with Crippen molar-refractivity contribution in [3.05, 3.63) is 68.8 Å². The van der Waals surface area contributed by atoms with Crippen molar-refractivity contribution in [3.63, 3.8) is 0 Å². The summed E-state index contributed by atoms with van der Waals surface area (Å²) in [4.78, 5) is 27.2. The number of hydrogen-bond donors (Lipinski definition) is 1. The van der Waals surface area contributed by atoms with Crippen molar-refractivity contribution < 1.29 is 14.3 Å². The maximum Gasteiger partial charge on any atom is 0.278 e. The molecule has 0 unspecified atom stereocenters. The number of amides is 2. The van der Waals surface area contributed by atoms with E-state index in [9.17, 15) is 9.59 Å². The van der Waals surface area contributed by atoms with E-state index in [1.165, 1.54) is 7.11 Å². The number of methoxy groups -OCH3 is 1. The van der Waals surface area contributed by atoms with Gasteiger partial charge in [-0.2, -0.15) is 0 Å². The molecule has 0 spiro atoms. The largest absolute Gasteiger partial charge is 0.383 e. The molecule has 5 nitrogen and oxygen atoms in total. The molecule has 0 saturated heterocycles. The topological polar surface area (TPSA) is 58.6 Å². The first-order valence-electron chi connectivity index (χ1n) is 8.72. The van der Waals surface area contributed by atoms with Crippen LogP contribution >= 0.6 is 23.2 Å². The molecule has 0 atom stereocenters. The van der Waals surface area contributed by atoms with E-state index in [0.29, 0.717) is 15.6 Å². The highest BCUT2D eigenvalue weighted by Gasteiger charge is 2.39.